The minimum atomic E-state index is -3.82. The van der Waals surface area contributed by atoms with Crippen LogP contribution in [0.25, 0.3) is 0 Å². The average Bonchev–Trinajstić information content (AvgIpc) is 2.74. The van der Waals surface area contributed by atoms with Crippen LogP contribution >= 0.6 is 0 Å². The Morgan fingerprint density at radius 3 is 2.70 bits per heavy atom. The lowest BCUT2D eigenvalue weighted by Crippen LogP contribution is -2.42. The summed E-state index contributed by atoms with van der Waals surface area (Å²) in [6.07, 6.45) is 1.22. The van der Waals surface area contributed by atoms with Crippen molar-refractivity contribution in [3.05, 3.63) is 47.5 Å². The maximum absolute atomic E-state index is 12.9. The summed E-state index contributed by atoms with van der Waals surface area (Å²) in [4.78, 5) is 24.7. The largest absolute Gasteiger partial charge is 0.492 e. The lowest BCUT2D eigenvalue weighted by molar-refractivity contribution is -0.121. The van der Waals surface area contributed by atoms with Gasteiger partial charge in [-0.15, -0.1) is 0 Å². The molecule has 0 unspecified atom stereocenters. The molecule has 2 N–H and O–H groups in total. The van der Waals surface area contributed by atoms with E-state index in [2.05, 4.69) is 4.72 Å². The maximum atomic E-state index is 12.9. The van der Waals surface area contributed by atoms with Crippen molar-refractivity contribution in [1.82, 2.24) is 4.72 Å². The predicted molar refractivity (Wildman–Crippen MR) is 107 cm³/mol. The second kappa shape index (κ2) is 7.96. The zero-order valence-electron chi connectivity index (χ0n) is 16.0. The number of hydrogen-bond donors (Lipinski definition) is 2. The van der Waals surface area contributed by atoms with Crippen molar-refractivity contribution < 1.29 is 32.6 Å². The average molecular weight is 432 g/mol. The van der Waals surface area contributed by atoms with Crippen LogP contribution in [0.5, 0.6) is 11.5 Å². The fourth-order valence-electron chi connectivity index (χ4n) is 3.61. The zero-order chi connectivity index (χ0) is 21.3. The summed E-state index contributed by atoms with van der Waals surface area (Å²) in [5.74, 6) is -0.243. The number of carbonyl (C=O) groups is 2. The number of carbonyl (C=O) groups excluding carboxylic acids is 1. The number of benzene rings is 2. The molecule has 2 aromatic carbocycles. The molecule has 2 aliphatic heterocycles. The number of hydrogen-bond acceptors (Lipinski definition) is 6. The second-order valence-electron chi connectivity index (χ2n) is 6.90. The molecule has 2 aliphatic rings. The Morgan fingerprint density at radius 2 is 1.97 bits per heavy atom. The van der Waals surface area contributed by atoms with Gasteiger partial charge in [0.15, 0.2) is 6.61 Å². The highest BCUT2D eigenvalue weighted by Gasteiger charge is 2.34. The summed E-state index contributed by atoms with van der Waals surface area (Å²) < 4.78 is 39.2. The highest BCUT2D eigenvalue weighted by Crippen LogP contribution is 2.41. The van der Waals surface area contributed by atoms with E-state index in [4.69, 9.17) is 14.6 Å². The van der Waals surface area contributed by atoms with Crippen LogP contribution in [-0.4, -0.2) is 51.7 Å². The third kappa shape index (κ3) is 3.83. The Kier molecular flexibility index (Phi) is 5.35. The molecule has 0 radical (unpaired) electrons. The van der Waals surface area contributed by atoms with Crippen LogP contribution < -0.4 is 19.1 Å². The summed E-state index contributed by atoms with van der Waals surface area (Å²) in [5, 5.41) is 8.89. The molecule has 0 bridgehead atoms. The van der Waals surface area contributed by atoms with Gasteiger partial charge in [-0.25, -0.2) is 17.9 Å². The number of nitrogens with zero attached hydrogens (tertiary/aromatic N) is 1. The van der Waals surface area contributed by atoms with Gasteiger partial charge in [0.05, 0.1) is 16.1 Å². The van der Waals surface area contributed by atoms with Crippen LogP contribution in [0.2, 0.25) is 0 Å². The number of rotatable bonds is 7. The van der Waals surface area contributed by atoms with Crippen LogP contribution in [0.3, 0.4) is 0 Å². The standard InChI is InChI=1S/C20H20N2O7S/c23-18-12-29-16-7-8-17(15-2-1-10-22(18)19(15)16)30(26,27)21-9-11-28-14-5-3-13(4-6-14)20(24)25/h3-8,21H,1-2,9-12H2,(H,24,25). The third-order valence-corrected chi connectivity index (χ3v) is 6.53. The van der Waals surface area contributed by atoms with E-state index in [9.17, 15) is 18.0 Å². The first-order chi connectivity index (χ1) is 14.4. The Hall–Kier alpha value is -3.11. The smallest absolute Gasteiger partial charge is 0.335 e. The summed E-state index contributed by atoms with van der Waals surface area (Å²) in [5.41, 5.74) is 1.28. The van der Waals surface area contributed by atoms with Crippen LogP contribution in [-0.2, 0) is 21.2 Å². The van der Waals surface area contributed by atoms with E-state index in [0.29, 0.717) is 42.1 Å². The first-order valence-electron chi connectivity index (χ1n) is 9.42. The molecule has 2 aromatic rings. The van der Waals surface area contributed by atoms with Gasteiger partial charge in [-0.2, -0.15) is 0 Å². The van der Waals surface area contributed by atoms with E-state index >= 15 is 0 Å². The van der Waals surface area contributed by atoms with Crippen molar-refractivity contribution >= 4 is 27.6 Å². The van der Waals surface area contributed by atoms with Crippen LogP contribution in [0, 0.1) is 0 Å². The fourth-order valence-corrected chi connectivity index (χ4v) is 4.89. The Labute approximate surface area is 173 Å². The molecule has 0 saturated carbocycles. The number of anilines is 1. The Bertz CT molecular complexity index is 1100. The van der Waals surface area contributed by atoms with Crippen molar-refractivity contribution in [1.29, 1.82) is 0 Å². The second-order valence-corrected chi connectivity index (χ2v) is 8.64. The number of aromatic carboxylic acids is 1. The third-order valence-electron chi connectivity index (χ3n) is 4.99. The lowest BCUT2D eigenvalue weighted by Gasteiger charge is -2.35. The summed E-state index contributed by atoms with van der Waals surface area (Å²) in [6, 6.07) is 8.93. The minimum Gasteiger partial charge on any atom is -0.492 e. The molecule has 30 heavy (non-hydrogen) atoms. The van der Waals surface area contributed by atoms with E-state index in [1.165, 1.54) is 30.3 Å². The SMILES string of the molecule is O=C(O)c1ccc(OCCNS(=O)(=O)c2ccc3c4c2CCCN4C(=O)CO3)cc1. The topological polar surface area (TPSA) is 122 Å². The molecule has 0 aromatic heterocycles. The van der Waals surface area contributed by atoms with Gasteiger partial charge in [-0.1, -0.05) is 0 Å². The normalized spacial score (nSPS) is 15.3. The van der Waals surface area contributed by atoms with Gasteiger partial charge in [-0.3, -0.25) is 4.79 Å². The monoisotopic (exact) mass is 432 g/mol. The molecule has 0 aliphatic carbocycles. The molecule has 2 heterocycles. The summed E-state index contributed by atoms with van der Waals surface area (Å²) in [6.45, 7) is 0.605. The predicted octanol–water partition coefficient (Wildman–Crippen LogP) is 1.41. The van der Waals surface area contributed by atoms with E-state index < -0.39 is 16.0 Å². The van der Waals surface area contributed by atoms with Gasteiger partial charge in [0.25, 0.3) is 5.91 Å². The highest BCUT2D eigenvalue weighted by atomic mass is 32.2. The van der Waals surface area contributed by atoms with E-state index in [1.54, 1.807) is 11.0 Å². The quantitative estimate of drug-likeness (QED) is 0.635. The van der Waals surface area contributed by atoms with Crippen molar-refractivity contribution in [2.75, 3.05) is 31.2 Å². The fraction of sp³-hybridized carbons (Fsp3) is 0.300. The minimum absolute atomic E-state index is 0.0265. The van der Waals surface area contributed by atoms with Crippen LogP contribution in [0.15, 0.2) is 41.3 Å². The van der Waals surface area contributed by atoms with E-state index in [-0.39, 0.29) is 36.1 Å². The molecular formula is C20H20N2O7S. The lowest BCUT2D eigenvalue weighted by atomic mass is 10.00. The van der Waals surface area contributed by atoms with Crippen LogP contribution in [0.1, 0.15) is 22.3 Å². The first kappa shape index (κ1) is 20.2. The Balaban J connectivity index is 1.44. The van der Waals surface area contributed by atoms with E-state index in [0.717, 1.165) is 0 Å². The zero-order valence-corrected chi connectivity index (χ0v) is 16.8. The van der Waals surface area contributed by atoms with Gasteiger partial charge < -0.3 is 19.5 Å². The molecule has 158 valence electrons. The van der Waals surface area contributed by atoms with Gasteiger partial charge in [-0.05, 0) is 54.8 Å². The van der Waals surface area contributed by atoms with Crippen molar-refractivity contribution in [2.45, 2.75) is 17.7 Å². The van der Waals surface area contributed by atoms with Gasteiger partial charge in [0, 0.05) is 13.1 Å². The van der Waals surface area contributed by atoms with E-state index in [1.807, 2.05) is 0 Å². The number of carboxylic acid groups (broad SMARTS) is 1. The number of amides is 1. The molecule has 0 fully saturated rings. The number of ether oxygens (including phenoxy) is 2. The summed E-state index contributed by atoms with van der Waals surface area (Å²) in [7, 11) is -3.82. The van der Waals surface area contributed by atoms with Crippen molar-refractivity contribution in [3.8, 4) is 11.5 Å². The number of sulfonamides is 1. The molecule has 0 atom stereocenters. The van der Waals surface area contributed by atoms with Gasteiger partial charge >= 0.3 is 5.97 Å². The number of nitrogens with one attached hydrogen (secondary N) is 1. The van der Waals surface area contributed by atoms with Gasteiger partial charge in [0.2, 0.25) is 10.0 Å². The van der Waals surface area contributed by atoms with Crippen molar-refractivity contribution in [2.24, 2.45) is 0 Å². The molecule has 0 saturated heterocycles. The van der Waals surface area contributed by atoms with Crippen LogP contribution in [0.4, 0.5) is 5.69 Å². The number of carboxylic acids is 1. The maximum Gasteiger partial charge on any atom is 0.335 e. The molecular weight excluding hydrogens is 412 g/mol. The molecule has 0 spiro atoms. The summed E-state index contributed by atoms with van der Waals surface area (Å²) >= 11 is 0. The van der Waals surface area contributed by atoms with Crippen molar-refractivity contribution in [3.63, 3.8) is 0 Å². The molecule has 10 heteroatoms. The first-order valence-corrected chi connectivity index (χ1v) is 10.9. The molecule has 4 rings (SSSR count). The Morgan fingerprint density at radius 1 is 1.20 bits per heavy atom. The highest BCUT2D eigenvalue weighted by molar-refractivity contribution is 7.89. The molecule has 1 amide bonds. The van der Waals surface area contributed by atoms with Gasteiger partial charge in [0.1, 0.15) is 18.1 Å². The molecule has 9 nitrogen and oxygen atoms in total.